The third-order valence-corrected chi connectivity index (χ3v) is 2.74. The minimum Gasteiger partial charge on any atom is -0.496 e. The lowest BCUT2D eigenvalue weighted by atomic mass is 10.2. The molecule has 0 fully saturated rings. The van der Waals surface area contributed by atoms with Gasteiger partial charge in [-0.3, -0.25) is 14.9 Å². The minimum atomic E-state index is -0.636. The van der Waals surface area contributed by atoms with Crippen molar-refractivity contribution in [2.45, 2.75) is 0 Å². The van der Waals surface area contributed by atoms with E-state index in [1.54, 1.807) is 0 Å². The van der Waals surface area contributed by atoms with E-state index in [-0.39, 0.29) is 16.9 Å². The number of nitro groups is 1. The fraction of sp³-hybridized carbons (Fsp3) is 0.0714. The number of anilines is 1. The average Bonchev–Trinajstić information content (AvgIpc) is 2.47. The molecule has 21 heavy (non-hydrogen) atoms. The topological polar surface area (TPSA) is 81.5 Å². The molecule has 6 nitrogen and oxygen atoms in total. The summed E-state index contributed by atoms with van der Waals surface area (Å²) in [5, 5.41) is 13.4. The SMILES string of the molecule is COc1ccc(NC(=O)c2cccc(F)c2)c([N+](=O)[O-])c1. The summed E-state index contributed by atoms with van der Waals surface area (Å²) in [4.78, 5) is 22.3. The highest BCUT2D eigenvalue weighted by Crippen LogP contribution is 2.29. The van der Waals surface area contributed by atoms with Crippen LogP contribution in [-0.4, -0.2) is 17.9 Å². The summed E-state index contributed by atoms with van der Waals surface area (Å²) in [6.07, 6.45) is 0. The third-order valence-electron chi connectivity index (χ3n) is 2.74. The van der Waals surface area contributed by atoms with Gasteiger partial charge >= 0.3 is 0 Å². The van der Waals surface area contributed by atoms with Crippen LogP contribution in [0.4, 0.5) is 15.8 Å². The molecule has 0 aliphatic rings. The Hall–Kier alpha value is -2.96. The van der Waals surface area contributed by atoms with E-state index in [0.29, 0.717) is 5.75 Å². The van der Waals surface area contributed by atoms with Gasteiger partial charge in [-0.15, -0.1) is 0 Å². The Bertz CT molecular complexity index is 703. The first-order valence-corrected chi connectivity index (χ1v) is 5.90. The van der Waals surface area contributed by atoms with Gasteiger partial charge in [0.1, 0.15) is 17.3 Å². The standard InChI is InChI=1S/C14H11FN2O4/c1-21-11-5-6-12(13(8-11)17(19)20)16-14(18)9-3-2-4-10(15)7-9/h2-8H,1H3,(H,16,18). The molecule has 2 aromatic rings. The van der Waals surface area contributed by atoms with Crippen LogP contribution in [0, 0.1) is 15.9 Å². The smallest absolute Gasteiger partial charge is 0.296 e. The Labute approximate surface area is 119 Å². The first kappa shape index (κ1) is 14.4. The van der Waals surface area contributed by atoms with E-state index >= 15 is 0 Å². The van der Waals surface area contributed by atoms with Crippen molar-refractivity contribution in [3.63, 3.8) is 0 Å². The van der Waals surface area contributed by atoms with Crippen LogP contribution in [0.2, 0.25) is 0 Å². The van der Waals surface area contributed by atoms with Crippen LogP contribution in [0.3, 0.4) is 0 Å². The number of nitro benzene ring substituents is 1. The zero-order valence-electron chi connectivity index (χ0n) is 11.0. The Kier molecular flexibility index (Phi) is 4.13. The Balaban J connectivity index is 2.31. The predicted molar refractivity (Wildman–Crippen MR) is 74.0 cm³/mol. The van der Waals surface area contributed by atoms with Crippen LogP contribution < -0.4 is 10.1 Å². The number of halogens is 1. The molecule has 0 saturated heterocycles. The van der Waals surface area contributed by atoms with Crippen molar-refractivity contribution in [3.8, 4) is 5.75 Å². The van der Waals surface area contributed by atoms with Gasteiger partial charge in [0.25, 0.3) is 11.6 Å². The van der Waals surface area contributed by atoms with Crippen molar-refractivity contribution in [1.29, 1.82) is 0 Å². The molecule has 7 heteroatoms. The fourth-order valence-electron chi connectivity index (χ4n) is 1.72. The van der Waals surface area contributed by atoms with Gasteiger partial charge in [-0.25, -0.2) is 4.39 Å². The van der Waals surface area contributed by atoms with Crippen LogP contribution in [0.1, 0.15) is 10.4 Å². The van der Waals surface area contributed by atoms with Crippen LogP contribution in [0.25, 0.3) is 0 Å². The summed E-state index contributed by atoms with van der Waals surface area (Å²) in [6.45, 7) is 0. The molecule has 0 unspecified atom stereocenters. The Morgan fingerprint density at radius 3 is 2.67 bits per heavy atom. The van der Waals surface area contributed by atoms with Crippen molar-refractivity contribution < 1.29 is 18.8 Å². The summed E-state index contributed by atoms with van der Waals surface area (Å²) in [5.41, 5.74) is -0.228. The average molecular weight is 290 g/mol. The predicted octanol–water partition coefficient (Wildman–Crippen LogP) is 2.99. The molecule has 108 valence electrons. The molecule has 2 rings (SSSR count). The van der Waals surface area contributed by atoms with E-state index in [4.69, 9.17) is 4.74 Å². The van der Waals surface area contributed by atoms with Gasteiger partial charge in [0.15, 0.2) is 0 Å². The number of hydrogen-bond acceptors (Lipinski definition) is 4. The summed E-state index contributed by atoms with van der Waals surface area (Å²) in [5.74, 6) is -0.903. The second kappa shape index (κ2) is 6.00. The van der Waals surface area contributed by atoms with Crippen LogP contribution in [-0.2, 0) is 0 Å². The number of rotatable bonds is 4. The lowest BCUT2D eigenvalue weighted by molar-refractivity contribution is -0.384. The highest BCUT2D eigenvalue weighted by atomic mass is 19.1. The number of nitrogens with one attached hydrogen (secondary N) is 1. The molecule has 0 heterocycles. The van der Waals surface area contributed by atoms with E-state index in [0.717, 1.165) is 6.07 Å². The summed E-state index contributed by atoms with van der Waals surface area (Å²) in [6, 6.07) is 9.07. The number of benzene rings is 2. The molecule has 0 atom stereocenters. The molecule has 0 bridgehead atoms. The second-order valence-electron chi connectivity index (χ2n) is 4.10. The first-order chi connectivity index (χ1) is 10.0. The third kappa shape index (κ3) is 3.33. The summed E-state index contributed by atoms with van der Waals surface area (Å²) < 4.78 is 18.0. The number of nitrogens with zero attached hydrogens (tertiary/aromatic N) is 1. The van der Waals surface area contributed by atoms with E-state index in [1.807, 2.05) is 0 Å². The fourth-order valence-corrected chi connectivity index (χ4v) is 1.72. The molecular formula is C14H11FN2O4. The van der Waals surface area contributed by atoms with Gasteiger partial charge in [0.2, 0.25) is 0 Å². The number of carbonyl (C=O) groups is 1. The molecule has 0 aliphatic heterocycles. The lowest BCUT2D eigenvalue weighted by Crippen LogP contribution is -2.13. The van der Waals surface area contributed by atoms with Crippen molar-refractivity contribution in [2.75, 3.05) is 12.4 Å². The molecule has 1 amide bonds. The lowest BCUT2D eigenvalue weighted by Gasteiger charge is -2.07. The molecule has 2 aromatic carbocycles. The minimum absolute atomic E-state index is 0.00932. The maximum absolute atomic E-state index is 13.1. The molecule has 1 N–H and O–H groups in total. The van der Waals surface area contributed by atoms with Crippen molar-refractivity contribution in [3.05, 3.63) is 64.0 Å². The summed E-state index contributed by atoms with van der Waals surface area (Å²) in [7, 11) is 1.38. The van der Waals surface area contributed by atoms with E-state index in [9.17, 15) is 19.3 Å². The number of methoxy groups -OCH3 is 1. The zero-order valence-corrected chi connectivity index (χ0v) is 11.0. The number of carbonyl (C=O) groups excluding carboxylic acids is 1. The highest BCUT2D eigenvalue weighted by molar-refractivity contribution is 6.05. The maximum Gasteiger partial charge on any atom is 0.296 e. The van der Waals surface area contributed by atoms with Gasteiger partial charge in [-0.1, -0.05) is 6.07 Å². The van der Waals surface area contributed by atoms with Crippen LogP contribution in [0.15, 0.2) is 42.5 Å². The summed E-state index contributed by atoms with van der Waals surface area (Å²) >= 11 is 0. The van der Waals surface area contributed by atoms with Gasteiger partial charge in [-0.05, 0) is 30.3 Å². The van der Waals surface area contributed by atoms with E-state index < -0.39 is 16.6 Å². The van der Waals surface area contributed by atoms with Gasteiger partial charge in [0, 0.05) is 5.56 Å². The number of hydrogen-bond donors (Lipinski definition) is 1. The van der Waals surface area contributed by atoms with Crippen LogP contribution >= 0.6 is 0 Å². The van der Waals surface area contributed by atoms with Crippen molar-refractivity contribution in [2.24, 2.45) is 0 Å². The van der Waals surface area contributed by atoms with E-state index in [1.165, 1.54) is 43.5 Å². The normalized spacial score (nSPS) is 10.0. The van der Waals surface area contributed by atoms with E-state index in [2.05, 4.69) is 5.32 Å². The Morgan fingerprint density at radius 2 is 2.05 bits per heavy atom. The highest BCUT2D eigenvalue weighted by Gasteiger charge is 2.18. The second-order valence-corrected chi connectivity index (χ2v) is 4.10. The van der Waals surface area contributed by atoms with Gasteiger partial charge in [-0.2, -0.15) is 0 Å². The molecule has 0 radical (unpaired) electrons. The monoisotopic (exact) mass is 290 g/mol. The zero-order chi connectivity index (χ0) is 15.4. The molecule has 0 saturated carbocycles. The Morgan fingerprint density at radius 1 is 1.29 bits per heavy atom. The largest absolute Gasteiger partial charge is 0.496 e. The van der Waals surface area contributed by atoms with Gasteiger partial charge in [0.05, 0.1) is 18.1 Å². The van der Waals surface area contributed by atoms with Crippen molar-refractivity contribution >= 4 is 17.3 Å². The van der Waals surface area contributed by atoms with Gasteiger partial charge < -0.3 is 10.1 Å². The van der Waals surface area contributed by atoms with Crippen LogP contribution in [0.5, 0.6) is 5.75 Å². The number of amides is 1. The molecular weight excluding hydrogens is 279 g/mol. The first-order valence-electron chi connectivity index (χ1n) is 5.90. The van der Waals surface area contributed by atoms with Crippen molar-refractivity contribution in [1.82, 2.24) is 0 Å². The molecule has 0 spiro atoms. The molecule has 0 aromatic heterocycles. The number of ether oxygens (including phenoxy) is 1. The molecule has 0 aliphatic carbocycles. The maximum atomic E-state index is 13.1. The quantitative estimate of drug-likeness (QED) is 0.693.